The lowest BCUT2D eigenvalue weighted by Gasteiger charge is -2.23. The number of nitrogens with zero attached hydrogens (tertiary/aromatic N) is 2. The summed E-state index contributed by atoms with van der Waals surface area (Å²) in [5, 5.41) is 0. The van der Waals surface area contributed by atoms with Gasteiger partial charge in [-0.2, -0.15) is 0 Å². The van der Waals surface area contributed by atoms with E-state index in [4.69, 9.17) is 4.74 Å². The molecule has 1 amide bonds. The predicted octanol–water partition coefficient (Wildman–Crippen LogP) is 3.08. The second kappa shape index (κ2) is 6.69. The van der Waals surface area contributed by atoms with Crippen LogP contribution in [-0.4, -0.2) is 28.5 Å². The highest BCUT2D eigenvalue weighted by Crippen LogP contribution is 2.29. The Balaban J connectivity index is 1.60. The van der Waals surface area contributed by atoms with Gasteiger partial charge in [0.1, 0.15) is 5.75 Å². The normalized spacial score (nSPS) is 13.9. The third-order valence-corrected chi connectivity index (χ3v) is 4.07. The van der Waals surface area contributed by atoms with Crippen molar-refractivity contribution < 1.29 is 9.53 Å². The number of hydrogen-bond donors (Lipinski definition) is 0. The summed E-state index contributed by atoms with van der Waals surface area (Å²) in [7, 11) is 1.66. The summed E-state index contributed by atoms with van der Waals surface area (Å²) in [5.74, 6) is 1.09. The summed E-state index contributed by atoms with van der Waals surface area (Å²) < 4.78 is 7.23. The monoisotopic (exact) mass is 298 g/mol. The number of benzene rings is 1. The molecule has 0 N–H and O–H groups in total. The highest BCUT2D eigenvalue weighted by molar-refractivity contribution is 5.76. The molecule has 0 spiro atoms. The van der Waals surface area contributed by atoms with Crippen molar-refractivity contribution in [3.05, 3.63) is 54.4 Å². The van der Waals surface area contributed by atoms with Crippen LogP contribution in [0.15, 0.2) is 48.8 Å². The Labute approximate surface area is 131 Å². The predicted molar refractivity (Wildman–Crippen MR) is 85.6 cm³/mol. The molecule has 0 bridgehead atoms. The first-order valence-corrected chi connectivity index (χ1v) is 7.79. The quantitative estimate of drug-likeness (QED) is 0.787. The zero-order valence-corrected chi connectivity index (χ0v) is 12.9. The maximum atomic E-state index is 12.5. The van der Waals surface area contributed by atoms with E-state index in [-0.39, 0.29) is 5.91 Å². The van der Waals surface area contributed by atoms with Crippen molar-refractivity contribution in [3.63, 3.8) is 0 Å². The molecule has 0 saturated heterocycles. The van der Waals surface area contributed by atoms with Gasteiger partial charge in [-0.1, -0.05) is 12.1 Å². The molecule has 0 aliphatic heterocycles. The van der Waals surface area contributed by atoms with E-state index in [2.05, 4.69) is 4.57 Å². The van der Waals surface area contributed by atoms with Crippen LogP contribution < -0.4 is 4.74 Å². The van der Waals surface area contributed by atoms with E-state index in [0.717, 1.165) is 30.7 Å². The second-order valence-corrected chi connectivity index (χ2v) is 5.77. The van der Waals surface area contributed by atoms with Crippen LogP contribution in [0, 0.1) is 0 Å². The second-order valence-electron chi connectivity index (χ2n) is 5.77. The fourth-order valence-electron chi connectivity index (χ4n) is 2.62. The Morgan fingerprint density at radius 2 is 1.91 bits per heavy atom. The van der Waals surface area contributed by atoms with Gasteiger partial charge in [-0.15, -0.1) is 0 Å². The maximum absolute atomic E-state index is 12.5. The molecule has 1 aromatic heterocycles. The van der Waals surface area contributed by atoms with Crippen molar-refractivity contribution in [1.82, 2.24) is 9.47 Å². The van der Waals surface area contributed by atoms with Crippen molar-refractivity contribution >= 4 is 5.91 Å². The Kier molecular flexibility index (Phi) is 4.47. The van der Waals surface area contributed by atoms with E-state index in [1.165, 1.54) is 0 Å². The Morgan fingerprint density at radius 3 is 2.50 bits per heavy atom. The molecule has 0 radical (unpaired) electrons. The molecule has 1 heterocycles. The van der Waals surface area contributed by atoms with E-state index < -0.39 is 0 Å². The first-order valence-electron chi connectivity index (χ1n) is 7.79. The molecule has 1 aliphatic carbocycles. The van der Waals surface area contributed by atoms with E-state index in [1.54, 1.807) is 7.11 Å². The van der Waals surface area contributed by atoms with Gasteiger partial charge in [0, 0.05) is 37.9 Å². The number of methoxy groups -OCH3 is 1. The van der Waals surface area contributed by atoms with Crippen LogP contribution in [0.3, 0.4) is 0 Å². The first kappa shape index (κ1) is 14.7. The Hall–Kier alpha value is -2.23. The topological polar surface area (TPSA) is 34.5 Å². The molecule has 4 heteroatoms. The van der Waals surface area contributed by atoms with Crippen LogP contribution in [0.4, 0.5) is 0 Å². The summed E-state index contributed by atoms with van der Waals surface area (Å²) in [6.45, 7) is 1.44. The molecule has 3 rings (SSSR count). The van der Waals surface area contributed by atoms with Gasteiger partial charge in [0.05, 0.1) is 7.11 Å². The molecule has 1 aromatic carbocycles. The molecule has 4 nitrogen and oxygen atoms in total. The minimum absolute atomic E-state index is 0.243. The molecule has 2 aromatic rings. The number of aromatic nitrogens is 1. The van der Waals surface area contributed by atoms with Crippen LogP contribution in [-0.2, 0) is 17.9 Å². The van der Waals surface area contributed by atoms with Crippen molar-refractivity contribution in [3.8, 4) is 5.75 Å². The van der Waals surface area contributed by atoms with Gasteiger partial charge in [-0.3, -0.25) is 4.79 Å². The van der Waals surface area contributed by atoms with Gasteiger partial charge in [0.2, 0.25) is 5.91 Å². The largest absolute Gasteiger partial charge is 0.497 e. The number of rotatable bonds is 7. The highest BCUT2D eigenvalue weighted by atomic mass is 16.5. The van der Waals surface area contributed by atoms with Crippen LogP contribution in [0.5, 0.6) is 5.75 Å². The highest BCUT2D eigenvalue weighted by Gasteiger charge is 2.32. The lowest BCUT2D eigenvalue weighted by atomic mass is 10.2. The molecule has 0 unspecified atom stereocenters. The van der Waals surface area contributed by atoms with E-state index in [1.807, 2.05) is 53.7 Å². The summed E-state index contributed by atoms with van der Waals surface area (Å²) in [5.41, 5.74) is 1.15. The number of carbonyl (C=O) groups excluding carboxylic acids is 1. The van der Waals surface area contributed by atoms with E-state index in [9.17, 15) is 4.79 Å². The average Bonchev–Trinajstić information content (AvgIpc) is 3.26. The third kappa shape index (κ3) is 3.70. The van der Waals surface area contributed by atoms with E-state index >= 15 is 0 Å². The lowest BCUT2D eigenvalue weighted by molar-refractivity contribution is -0.132. The van der Waals surface area contributed by atoms with Gasteiger partial charge >= 0.3 is 0 Å². The van der Waals surface area contributed by atoms with Crippen LogP contribution in [0.2, 0.25) is 0 Å². The first-order chi connectivity index (χ1) is 10.8. The van der Waals surface area contributed by atoms with Crippen LogP contribution >= 0.6 is 0 Å². The molecular formula is C18H22N2O2. The van der Waals surface area contributed by atoms with Gasteiger partial charge < -0.3 is 14.2 Å². The summed E-state index contributed by atoms with van der Waals surface area (Å²) >= 11 is 0. The van der Waals surface area contributed by atoms with Crippen molar-refractivity contribution in [1.29, 1.82) is 0 Å². The molecule has 116 valence electrons. The molecule has 1 saturated carbocycles. The molecule has 22 heavy (non-hydrogen) atoms. The van der Waals surface area contributed by atoms with Gasteiger partial charge in [0.15, 0.2) is 0 Å². The number of amides is 1. The number of hydrogen-bond acceptors (Lipinski definition) is 2. The number of carbonyl (C=O) groups is 1. The Morgan fingerprint density at radius 1 is 1.23 bits per heavy atom. The van der Waals surface area contributed by atoms with Gasteiger partial charge in [-0.25, -0.2) is 0 Å². The van der Waals surface area contributed by atoms with Crippen molar-refractivity contribution in [2.24, 2.45) is 0 Å². The zero-order valence-electron chi connectivity index (χ0n) is 12.9. The number of ether oxygens (including phenoxy) is 1. The SMILES string of the molecule is COc1ccc(CN(C(=O)CCn2cccc2)C2CC2)cc1. The van der Waals surface area contributed by atoms with Gasteiger partial charge in [-0.05, 0) is 42.7 Å². The van der Waals surface area contributed by atoms with Gasteiger partial charge in [0.25, 0.3) is 0 Å². The molecule has 0 atom stereocenters. The molecule has 1 aliphatic rings. The summed E-state index contributed by atoms with van der Waals surface area (Å²) in [4.78, 5) is 14.6. The molecular weight excluding hydrogens is 276 g/mol. The Bertz CT molecular complexity index is 601. The zero-order chi connectivity index (χ0) is 15.4. The van der Waals surface area contributed by atoms with E-state index in [0.29, 0.717) is 19.0 Å². The van der Waals surface area contributed by atoms with Crippen LogP contribution in [0.1, 0.15) is 24.8 Å². The smallest absolute Gasteiger partial charge is 0.224 e. The fraction of sp³-hybridized carbons (Fsp3) is 0.389. The fourth-order valence-corrected chi connectivity index (χ4v) is 2.62. The average molecular weight is 298 g/mol. The standard InChI is InChI=1S/C18H22N2O2/c1-22-17-8-4-15(5-9-17)14-20(16-6-7-16)18(21)10-13-19-11-2-3-12-19/h2-5,8-9,11-12,16H,6-7,10,13-14H2,1H3. The summed E-state index contributed by atoms with van der Waals surface area (Å²) in [6.07, 6.45) is 6.81. The number of aryl methyl sites for hydroxylation is 1. The minimum Gasteiger partial charge on any atom is -0.497 e. The van der Waals surface area contributed by atoms with Crippen molar-refractivity contribution in [2.45, 2.75) is 38.4 Å². The van der Waals surface area contributed by atoms with Crippen molar-refractivity contribution in [2.75, 3.05) is 7.11 Å². The van der Waals surface area contributed by atoms with Crippen LogP contribution in [0.25, 0.3) is 0 Å². The molecule has 1 fully saturated rings. The maximum Gasteiger partial charge on any atom is 0.224 e. The minimum atomic E-state index is 0.243. The summed E-state index contributed by atoms with van der Waals surface area (Å²) in [6, 6.07) is 12.4. The third-order valence-electron chi connectivity index (χ3n) is 4.07. The lowest BCUT2D eigenvalue weighted by Crippen LogP contribution is -2.33.